The van der Waals surface area contributed by atoms with Crippen LogP contribution in [0, 0.1) is 6.92 Å². The summed E-state index contributed by atoms with van der Waals surface area (Å²) in [5.41, 5.74) is 4.95. The van der Waals surface area contributed by atoms with E-state index in [0.717, 1.165) is 28.1 Å². The van der Waals surface area contributed by atoms with E-state index in [0.29, 0.717) is 17.3 Å². The molecule has 0 fully saturated rings. The van der Waals surface area contributed by atoms with Gasteiger partial charge in [-0.15, -0.1) is 5.10 Å². The highest BCUT2D eigenvalue weighted by Gasteiger charge is 2.34. The number of fused-ring (bicyclic) bond motifs is 1. The van der Waals surface area contributed by atoms with Gasteiger partial charge in [0.25, 0.3) is 5.91 Å². The van der Waals surface area contributed by atoms with Crippen LogP contribution in [0.15, 0.2) is 90.4 Å². The van der Waals surface area contributed by atoms with Crippen LogP contribution in [0.25, 0.3) is 11.4 Å². The van der Waals surface area contributed by atoms with Crippen molar-refractivity contribution in [2.24, 2.45) is 0 Å². The largest absolute Gasteiger partial charge is 0.328 e. The Balaban J connectivity index is 1.62. The number of nitrogens with zero attached hydrogens (tertiary/aromatic N) is 4. The first kappa shape index (κ1) is 19.7. The third kappa shape index (κ3) is 3.65. The fourth-order valence-electron chi connectivity index (χ4n) is 3.93. The molecule has 158 valence electrons. The maximum atomic E-state index is 13.5. The summed E-state index contributed by atoms with van der Waals surface area (Å²) < 4.78 is 1.78. The molecule has 1 aliphatic rings. The molecule has 4 aromatic rings. The number of hydrogen-bond donors (Lipinski definition) is 2. The van der Waals surface area contributed by atoms with Crippen LogP contribution >= 0.6 is 0 Å². The second kappa shape index (κ2) is 8.11. The van der Waals surface area contributed by atoms with Gasteiger partial charge in [-0.05, 0) is 43.7 Å². The minimum absolute atomic E-state index is 0.184. The lowest BCUT2D eigenvalue weighted by Gasteiger charge is -2.29. The molecule has 0 bridgehead atoms. The molecule has 1 aliphatic heterocycles. The molecule has 0 radical (unpaired) electrons. The fourth-order valence-corrected chi connectivity index (χ4v) is 3.93. The van der Waals surface area contributed by atoms with Gasteiger partial charge in [-0.1, -0.05) is 48.0 Å². The molecule has 1 atom stereocenters. The Hall–Kier alpha value is -4.26. The summed E-state index contributed by atoms with van der Waals surface area (Å²) in [6, 6.07) is 20.9. The zero-order chi connectivity index (χ0) is 22.1. The molecule has 0 saturated carbocycles. The van der Waals surface area contributed by atoms with Crippen LogP contribution in [-0.4, -0.2) is 25.7 Å². The number of nitrogens with one attached hydrogen (secondary N) is 2. The number of anilines is 2. The monoisotopic (exact) mass is 422 g/mol. The number of carbonyl (C=O) groups is 1. The van der Waals surface area contributed by atoms with Gasteiger partial charge in [0, 0.05) is 29.3 Å². The van der Waals surface area contributed by atoms with Crippen molar-refractivity contribution >= 4 is 17.5 Å². The smallest absolute Gasteiger partial charge is 0.255 e. The molecule has 7 nitrogen and oxygen atoms in total. The van der Waals surface area contributed by atoms with Crippen molar-refractivity contribution in [3.05, 3.63) is 102 Å². The third-order valence-electron chi connectivity index (χ3n) is 5.41. The van der Waals surface area contributed by atoms with E-state index in [1.807, 2.05) is 74.5 Å². The summed E-state index contributed by atoms with van der Waals surface area (Å²) in [6.07, 6.45) is 3.44. The number of aromatic nitrogens is 4. The highest BCUT2D eigenvalue weighted by Crippen LogP contribution is 2.37. The first-order valence-electron chi connectivity index (χ1n) is 10.4. The fraction of sp³-hybridized carbons (Fsp3) is 0.120. The molecule has 2 aromatic carbocycles. The number of rotatable bonds is 4. The molecule has 32 heavy (non-hydrogen) atoms. The topological polar surface area (TPSA) is 84.7 Å². The minimum Gasteiger partial charge on any atom is -0.328 e. The number of para-hydroxylation sites is 1. The number of carbonyl (C=O) groups excluding carboxylic acids is 1. The van der Waals surface area contributed by atoms with Crippen LogP contribution < -0.4 is 10.6 Å². The van der Waals surface area contributed by atoms with E-state index in [9.17, 15) is 4.79 Å². The van der Waals surface area contributed by atoms with Gasteiger partial charge < -0.3 is 10.6 Å². The average Bonchev–Trinajstić information content (AvgIpc) is 3.23. The quantitative estimate of drug-likeness (QED) is 0.503. The Bertz CT molecular complexity index is 1310. The molecule has 1 unspecified atom stereocenters. The summed E-state index contributed by atoms with van der Waals surface area (Å²) in [5, 5.41) is 11.1. The molecule has 0 saturated heterocycles. The Morgan fingerprint density at radius 2 is 1.88 bits per heavy atom. The van der Waals surface area contributed by atoms with Crippen LogP contribution in [-0.2, 0) is 4.79 Å². The number of allylic oxidation sites excluding steroid dienone is 1. The predicted molar refractivity (Wildman–Crippen MR) is 124 cm³/mol. The maximum Gasteiger partial charge on any atom is 0.255 e. The van der Waals surface area contributed by atoms with E-state index in [-0.39, 0.29) is 5.91 Å². The van der Waals surface area contributed by atoms with Crippen molar-refractivity contribution in [3.8, 4) is 11.4 Å². The Kier molecular flexibility index (Phi) is 4.99. The molecular formula is C25H22N6O. The van der Waals surface area contributed by atoms with Crippen LogP contribution in [0.4, 0.5) is 11.6 Å². The Morgan fingerprint density at radius 3 is 2.62 bits per heavy atom. The summed E-state index contributed by atoms with van der Waals surface area (Å²) in [6.45, 7) is 3.93. The van der Waals surface area contributed by atoms with Crippen LogP contribution in [0.5, 0.6) is 0 Å². The maximum absolute atomic E-state index is 13.5. The van der Waals surface area contributed by atoms with Crippen molar-refractivity contribution in [1.29, 1.82) is 0 Å². The lowest BCUT2D eigenvalue weighted by Crippen LogP contribution is -2.31. The zero-order valence-electron chi connectivity index (χ0n) is 17.8. The lowest BCUT2D eigenvalue weighted by atomic mass is 9.94. The molecule has 1 amide bonds. The Labute approximate surface area is 185 Å². The predicted octanol–water partition coefficient (Wildman–Crippen LogP) is 4.58. The van der Waals surface area contributed by atoms with Crippen LogP contribution in [0.3, 0.4) is 0 Å². The minimum atomic E-state index is -0.423. The van der Waals surface area contributed by atoms with Crippen LogP contribution in [0.1, 0.15) is 24.1 Å². The number of amides is 1. The van der Waals surface area contributed by atoms with E-state index >= 15 is 0 Å². The molecule has 3 heterocycles. The molecule has 5 rings (SSSR count). The van der Waals surface area contributed by atoms with Gasteiger partial charge in [-0.25, -0.2) is 4.68 Å². The standard InChI is InChI=1S/C25H22N6O/c1-16-8-6-9-18(14-16)22-21(24(32)28-20-11-4-3-5-12-20)17(2)27-25-29-23(30-31(22)25)19-10-7-13-26-15-19/h3-15,22H,1-2H3,(H,28,32)(H,27,29,30). The SMILES string of the molecule is CC1=C(C(=O)Nc2ccccc2)C(c2cccc(C)c2)n2nc(-c3cccnc3)nc2N1. The van der Waals surface area contributed by atoms with Gasteiger partial charge in [0.2, 0.25) is 5.95 Å². The van der Waals surface area contributed by atoms with Crippen molar-refractivity contribution < 1.29 is 4.79 Å². The van der Waals surface area contributed by atoms with Gasteiger partial charge >= 0.3 is 0 Å². The molecule has 7 heteroatoms. The van der Waals surface area contributed by atoms with E-state index in [1.165, 1.54) is 0 Å². The van der Waals surface area contributed by atoms with Crippen LogP contribution in [0.2, 0.25) is 0 Å². The summed E-state index contributed by atoms with van der Waals surface area (Å²) >= 11 is 0. The number of hydrogen-bond acceptors (Lipinski definition) is 5. The van der Waals surface area contributed by atoms with Crippen molar-refractivity contribution in [3.63, 3.8) is 0 Å². The number of aryl methyl sites for hydroxylation is 1. The van der Waals surface area contributed by atoms with Gasteiger partial charge in [0.05, 0.1) is 5.57 Å². The first-order chi connectivity index (χ1) is 15.6. The molecule has 2 N–H and O–H groups in total. The second-order valence-electron chi connectivity index (χ2n) is 7.75. The van der Waals surface area contributed by atoms with Gasteiger partial charge in [-0.3, -0.25) is 9.78 Å². The highest BCUT2D eigenvalue weighted by molar-refractivity contribution is 6.06. The number of pyridine rings is 1. The van der Waals surface area contributed by atoms with Gasteiger partial charge in [0.15, 0.2) is 5.82 Å². The van der Waals surface area contributed by atoms with E-state index in [2.05, 4.69) is 26.7 Å². The lowest BCUT2D eigenvalue weighted by molar-refractivity contribution is -0.113. The molecule has 0 spiro atoms. The molecular weight excluding hydrogens is 400 g/mol. The normalized spacial score (nSPS) is 15.1. The van der Waals surface area contributed by atoms with Crippen molar-refractivity contribution in [2.45, 2.75) is 19.9 Å². The Morgan fingerprint density at radius 1 is 1.03 bits per heavy atom. The third-order valence-corrected chi connectivity index (χ3v) is 5.41. The molecule has 2 aromatic heterocycles. The van der Waals surface area contributed by atoms with Crippen molar-refractivity contribution in [1.82, 2.24) is 19.7 Å². The molecule has 0 aliphatic carbocycles. The summed E-state index contributed by atoms with van der Waals surface area (Å²) in [4.78, 5) is 22.3. The van der Waals surface area contributed by atoms with Gasteiger partial charge in [-0.2, -0.15) is 4.98 Å². The summed E-state index contributed by atoms with van der Waals surface area (Å²) in [5.74, 6) is 0.955. The number of benzene rings is 2. The van der Waals surface area contributed by atoms with E-state index in [1.54, 1.807) is 17.1 Å². The van der Waals surface area contributed by atoms with Gasteiger partial charge in [0.1, 0.15) is 6.04 Å². The first-order valence-corrected chi connectivity index (χ1v) is 10.4. The second-order valence-corrected chi connectivity index (χ2v) is 7.75. The average molecular weight is 422 g/mol. The summed E-state index contributed by atoms with van der Waals surface area (Å²) in [7, 11) is 0. The van der Waals surface area contributed by atoms with E-state index < -0.39 is 6.04 Å². The van der Waals surface area contributed by atoms with Crippen molar-refractivity contribution in [2.75, 3.05) is 10.6 Å². The zero-order valence-corrected chi connectivity index (χ0v) is 17.8. The van der Waals surface area contributed by atoms with E-state index in [4.69, 9.17) is 5.10 Å². The highest BCUT2D eigenvalue weighted by atomic mass is 16.1.